The Morgan fingerprint density at radius 1 is 1.09 bits per heavy atom. The molecule has 1 aliphatic heterocycles. The summed E-state index contributed by atoms with van der Waals surface area (Å²) in [6, 6.07) is 19.7. The van der Waals surface area contributed by atoms with Crippen LogP contribution in [0.5, 0.6) is 0 Å². The van der Waals surface area contributed by atoms with E-state index in [0.29, 0.717) is 11.7 Å². The molecule has 1 saturated heterocycles. The van der Waals surface area contributed by atoms with Crippen LogP contribution >= 0.6 is 11.8 Å². The summed E-state index contributed by atoms with van der Waals surface area (Å²) in [7, 11) is 0. The van der Waals surface area contributed by atoms with Crippen LogP contribution in [0.2, 0.25) is 0 Å². The van der Waals surface area contributed by atoms with Crippen LogP contribution < -0.4 is 0 Å². The van der Waals surface area contributed by atoms with E-state index in [1.807, 2.05) is 67.6 Å². The van der Waals surface area contributed by atoms with Gasteiger partial charge in [0.05, 0.1) is 18.0 Å². The normalized spacial score (nSPS) is 19.9. The van der Waals surface area contributed by atoms with E-state index in [4.69, 9.17) is 0 Å². The van der Waals surface area contributed by atoms with Crippen molar-refractivity contribution in [2.24, 2.45) is 10.2 Å². The fraction of sp³-hybridized carbons (Fsp3) is 0.167. The van der Waals surface area contributed by atoms with Crippen molar-refractivity contribution in [2.75, 3.05) is 0 Å². The second-order valence-electron chi connectivity index (χ2n) is 5.21. The van der Waals surface area contributed by atoms with Crippen LogP contribution in [0.4, 0.5) is 0 Å². The number of thioether (sulfide) groups is 1. The topological polar surface area (TPSA) is 45.0 Å². The van der Waals surface area contributed by atoms with Crippen molar-refractivity contribution >= 4 is 29.1 Å². The smallest absolute Gasteiger partial charge is 0.242 e. The van der Waals surface area contributed by atoms with E-state index in [2.05, 4.69) is 10.2 Å². The minimum atomic E-state index is -0.121. The molecule has 2 aromatic carbocycles. The molecule has 1 amide bonds. The van der Waals surface area contributed by atoms with Crippen molar-refractivity contribution in [1.82, 2.24) is 4.90 Å². The minimum Gasteiger partial charge on any atom is -0.284 e. The average Bonchev–Trinajstić information content (AvgIpc) is 2.85. The third kappa shape index (κ3) is 3.87. The van der Waals surface area contributed by atoms with Crippen LogP contribution in [0.15, 0.2) is 70.9 Å². The summed E-state index contributed by atoms with van der Waals surface area (Å²) in [5.41, 5.74) is 2.06. The number of amides is 1. The van der Waals surface area contributed by atoms with Gasteiger partial charge in [-0.3, -0.25) is 9.69 Å². The molecule has 0 aliphatic carbocycles. The highest BCUT2D eigenvalue weighted by Gasteiger charge is 2.35. The Labute approximate surface area is 139 Å². The summed E-state index contributed by atoms with van der Waals surface area (Å²) in [5.74, 6) is 0.0764. The molecule has 1 atom stereocenters. The molecule has 1 fully saturated rings. The van der Waals surface area contributed by atoms with Gasteiger partial charge < -0.3 is 0 Å². The number of hydrogen-bond acceptors (Lipinski definition) is 4. The Hall–Kier alpha value is -2.40. The SMILES string of the molecule is C[C@@H]1S/C(=N/N=C\c2ccccc2)N(Cc2ccccc2)C1=O. The zero-order valence-corrected chi connectivity index (χ0v) is 13.6. The lowest BCUT2D eigenvalue weighted by molar-refractivity contribution is -0.126. The predicted molar refractivity (Wildman–Crippen MR) is 95.5 cm³/mol. The number of nitrogens with zero attached hydrogens (tertiary/aromatic N) is 3. The molecule has 0 radical (unpaired) electrons. The lowest BCUT2D eigenvalue weighted by Gasteiger charge is -2.15. The Morgan fingerprint density at radius 2 is 1.74 bits per heavy atom. The zero-order chi connectivity index (χ0) is 16.1. The van der Waals surface area contributed by atoms with E-state index in [1.165, 1.54) is 11.8 Å². The molecule has 0 unspecified atom stereocenters. The molecule has 0 spiro atoms. The molecule has 23 heavy (non-hydrogen) atoms. The first-order valence-electron chi connectivity index (χ1n) is 7.42. The summed E-state index contributed by atoms with van der Waals surface area (Å²) in [5, 5.41) is 8.91. The van der Waals surface area contributed by atoms with Crippen LogP contribution in [0, 0.1) is 0 Å². The second-order valence-corrected chi connectivity index (χ2v) is 6.52. The summed E-state index contributed by atoms with van der Waals surface area (Å²) in [4.78, 5) is 14.0. The number of amidine groups is 1. The number of carbonyl (C=O) groups excluding carboxylic acids is 1. The number of carbonyl (C=O) groups is 1. The van der Waals surface area contributed by atoms with Gasteiger partial charge in [0, 0.05) is 0 Å². The number of benzene rings is 2. The van der Waals surface area contributed by atoms with Gasteiger partial charge in [-0.15, -0.1) is 5.10 Å². The highest BCUT2D eigenvalue weighted by Crippen LogP contribution is 2.28. The fourth-order valence-electron chi connectivity index (χ4n) is 2.26. The second kappa shape index (κ2) is 7.24. The fourth-order valence-corrected chi connectivity index (χ4v) is 3.18. The lowest BCUT2D eigenvalue weighted by Crippen LogP contribution is -2.30. The van der Waals surface area contributed by atoms with Gasteiger partial charge in [-0.2, -0.15) is 5.10 Å². The first-order valence-corrected chi connectivity index (χ1v) is 8.30. The Morgan fingerprint density at radius 3 is 2.43 bits per heavy atom. The van der Waals surface area contributed by atoms with Gasteiger partial charge in [0.25, 0.3) is 0 Å². The van der Waals surface area contributed by atoms with Crippen LogP contribution in [0.3, 0.4) is 0 Å². The molecular weight excluding hydrogens is 306 g/mol. The summed E-state index contributed by atoms with van der Waals surface area (Å²) >= 11 is 1.45. The third-order valence-corrected chi connectivity index (χ3v) is 4.53. The van der Waals surface area contributed by atoms with E-state index in [-0.39, 0.29) is 11.2 Å². The predicted octanol–water partition coefficient (Wildman–Crippen LogP) is 3.54. The van der Waals surface area contributed by atoms with Gasteiger partial charge in [0.1, 0.15) is 0 Å². The molecule has 3 rings (SSSR count). The Balaban J connectivity index is 1.77. The standard InChI is InChI=1S/C18H17N3OS/c1-14-17(22)21(13-16-10-6-3-7-11-16)18(23-14)20-19-12-15-8-4-2-5-9-15/h2-12,14H,13H2,1H3/b19-12-,20-18+/t14-/m0/s1. The molecule has 2 aromatic rings. The lowest BCUT2D eigenvalue weighted by atomic mass is 10.2. The van der Waals surface area contributed by atoms with Crippen LogP contribution in [-0.2, 0) is 11.3 Å². The molecule has 0 bridgehead atoms. The maximum atomic E-state index is 12.3. The molecular formula is C18H17N3OS. The minimum absolute atomic E-state index is 0.0764. The molecule has 116 valence electrons. The van der Waals surface area contributed by atoms with E-state index in [9.17, 15) is 4.79 Å². The zero-order valence-electron chi connectivity index (χ0n) is 12.8. The molecule has 0 N–H and O–H groups in total. The quantitative estimate of drug-likeness (QED) is 0.638. The molecule has 0 aromatic heterocycles. The van der Waals surface area contributed by atoms with Gasteiger partial charge in [-0.25, -0.2) is 0 Å². The molecule has 5 heteroatoms. The highest BCUT2D eigenvalue weighted by molar-refractivity contribution is 8.15. The summed E-state index contributed by atoms with van der Waals surface area (Å²) in [6.07, 6.45) is 1.70. The maximum absolute atomic E-state index is 12.3. The van der Waals surface area contributed by atoms with Crippen LogP contribution in [0.1, 0.15) is 18.1 Å². The largest absolute Gasteiger partial charge is 0.284 e. The van der Waals surface area contributed by atoms with Gasteiger partial charge in [-0.05, 0) is 18.1 Å². The molecule has 1 aliphatic rings. The Bertz CT molecular complexity index is 728. The summed E-state index contributed by atoms with van der Waals surface area (Å²) < 4.78 is 0. The van der Waals surface area contributed by atoms with Gasteiger partial charge in [0.15, 0.2) is 5.17 Å². The number of hydrogen-bond donors (Lipinski definition) is 0. The monoisotopic (exact) mass is 323 g/mol. The molecule has 0 saturated carbocycles. The van der Waals surface area contributed by atoms with Crippen molar-refractivity contribution in [2.45, 2.75) is 18.7 Å². The average molecular weight is 323 g/mol. The van der Waals surface area contributed by atoms with Crippen molar-refractivity contribution in [3.8, 4) is 0 Å². The van der Waals surface area contributed by atoms with Gasteiger partial charge in [-0.1, -0.05) is 72.4 Å². The Kier molecular flexibility index (Phi) is 4.88. The van der Waals surface area contributed by atoms with Crippen molar-refractivity contribution in [1.29, 1.82) is 0 Å². The molecule has 4 nitrogen and oxygen atoms in total. The van der Waals surface area contributed by atoms with Crippen molar-refractivity contribution in [3.63, 3.8) is 0 Å². The van der Waals surface area contributed by atoms with E-state index < -0.39 is 0 Å². The highest BCUT2D eigenvalue weighted by atomic mass is 32.2. The van der Waals surface area contributed by atoms with E-state index in [1.54, 1.807) is 11.1 Å². The van der Waals surface area contributed by atoms with Gasteiger partial charge >= 0.3 is 0 Å². The van der Waals surface area contributed by atoms with Crippen LogP contribution in [-0.4, -0.2) is 27.4 Å². The van der Waals surface area contributed by atoms with Crippen LogP contribution in [0.25, 0.3) is 0 Å². The number of rotatable bonds is 4. The van der Waals surface area contributed by atoms with Crippen molar-refractivity contribution in [3.05, 3.63) is 71.8 Å². The van der Waals surface area contributed by atoms with Crippen molar-refractivity contribution < 1.29 is 4.79 Å². The molecule has 1 heterocycles. The third-order valence-electron chi connectivity index (χ3n) is 3.46. The van der Waals surface area contributed by atoms with E-state index >= 15 is 0 Å². The summed E-state index contributed by atoms with van der Waals surface area (Å²) in [6.45, 7) is 2.42. The first kappa shape index (κ1) is 15.5. The van der Waals surface area contributed by atoms with E-state index in [0.717, 1.165) is 11.1 Å². The maximum Gasteiger partial charge on any atom is 0.242 e. The van der Waals surface area contributed by atoms with Gasteiger partial charge in [0.2, 0.25) is 5.91 Å². The first-order chi connectivity index (χ1) is 11.2.